The van der Waals surface area contributed by atoms with E-state index in [1.807, 2.05) is 14.1 Å². The van der Waals surface area contributed by atoms with Crippen LogP contribution in [0.5, 0.6) is 5.75 Å². The van der Waals surface area contributed by atoms with Crippen molar-refractivity contribution in [2.45, 2.75) is 4.90 Å². The van der Waals surface area contributed by atoms with Gasteiger partial charge in [0.15, 0.2) is 11.6 Å². The number of methoxy groups -OCH3 is 1. The van der Waals surface area contributed by atoms with Crippen molar-refractivity contribution in [3.05, 3.63) is 17.9 Å². The first kappa shape index (κ1) is 13.1. The van der Waals surface area contributed by atoms with Crippen LogP contribution in [0.25, 0.3) is 0 Å². The molecule has 1 rings (SSSR count). The van der Waals surface area contributed by atoms with E-state index in [9.17, 15) is 4.39 Å². The number of rotatable bonds is 5. The Labute approximate surface area is 99.8 Å². The molecule has 2 N–H and O–H groups in total. The van der Waals surface area contributed by atoms with E-state index in [-0.39, 0.29) is 5.75 Å². The number of thioether (sulfide) groups is 1. The topological polar surface area (TPSA) is 38.5 Å². The van der Waals surface area contributed by atoms with Crippen molar-refractivity contribution >= 4 is 17.4 Å². The Morgan fingerprint density at radius 2 is 2.12 bits per heavy atom. The summed E-state index contributed by atoms with van der Waals surface area (Å²) in [4.78, 5) is 2.95. The van der Waals surface area contributed by atoms with Gasteiger partial charge in [-0.05, 0) is 20.2 Å². The van der Waals surface area contributed by atoms with Crippen LogP contribution in [0.2, 0.25) is 0 Å². The van der Waals surface area contributed by atoms with Gasteiger partial charge in [-0.1, -0.05) is 0 Å². The lowest BCUT2D eigenvalue weighted by Crippen LogP contribution is -2.14. The van der Waals surface area contributed by atoms with E-state index in [0.29, 0.717) is 5.69 Å². The van der Waals surface area contributed by atoms with Gasteiger partial charge in [0.25, 0.3) is 0 Å². The highest BCUT2D eigenvalue weighted by atomic mass is 32.2. The van der Waals surface area contributed by atoms with Crippen LogP contribution in [0.1, 0.15) is 0 Å². The zero-order valence-corrected chi connectivity index (χ0v) is 10.6. The van der Waals surface area contributed by atoms with Crippen LogP contribution in [0.15, 0.2) is 17.0 Å². The fraction of sp³-hybridized carbons (Fsp3) is 0.455. The molecule has 0 bridgehead atoms. The van der Waals surface area contributed by atoms with Crippen molar-refractivity contribution in [2.24, 2.45) is 0 Å². The monoisotopic (exact) mass is 244 g/mol. The van der Waals surface area contributed by atoms with Gasteiger partial charge >= 0.3 is 0 Å². The molecule has 0 fully saturated rings. The van der Waals surface area contributed by atoms with Crippen LogP contribution in [0, 0.1) is 5.82 Å². The molecule has 0 saturated heterocycles. The molecule has 16 heavy (non-hydrogen) atoms. The summed E-state index contributed by atoms with van der Waals surface area (Å²) >= 11 is 1.60. The Hall–Kier alpha value is -0.940. The second-order valence-electron chi connectivity index (χ2n) is 3.68. The van der Waals surface area contributed by atoms with Crippen LogP contribution >= 0.6 is 11.8 Å². The molecule has 0 aliphatic carbocycles. The normalized spacial score (nSPS) is 10.8. The largest absolute Gasteiger partial charge is 0.494 e. The molecule has 0 unspecified atom stereocenters. The van der Waals surface area contributed by atoms with Crippen LogP contribution in [-0.2, 0) is 0 Å². The number of nitrogens with zero attached hydrogens (tertiary/aromatic N) is 1. The van der Waals surface area contributed by atoms with Crippen LogP contribution in [-0.4, -0.2) is 38.4 Å². The maximum absolute atomic E-state index is 13.3. The highest BCUT2D eigenvalue weighted by Gasteiger charge is 2.08. The summed E-state index contributed by atoms with van der Waals surface area (Å²) < 4.78 is 18.2. The first-order valence-electron chi connectivity index (χ1n) is 4.95. The molecule has 1 aromatic rings. The van der Waals surface area contributed by atoms with E-state index in [1.54, 1.807) is 17.8 Å². The van der Waals surface area contributed by atoms with E-state index in [4.69, 9.17) is 10.5 Å². The lowest BCUT2D eigenvalue weighted by Gasteiger charge is -2.11. The third-order valence-corrected chi connectivity index (χ3v) is 3.13. The highest BCUT2D eigenvalue weighted by Crippen LogP contribution is 2.31. The zero-order chi connectivity index (χ0) is 12.1. The van der Waals surface area contributed by atoms with Gasteiger partial charge in [-0.3, -0.25) is 0 Å². The van der Waals surface area contributed by atoms with E-state index in [2.05, 4.69) is 4.90 Å². The smallest absolute Gasteiger partial charge is 0.167 e. The number of halogens is 1. The molecule has 0 saturated carbocycles. The first-order chi connectivity index (χ1) is 7.54. The summed E-state index contributed by atoms with van der Waals surface area (Å²) in [6.45, 7) is 0.948. The Bertz CT molecular complexity index is 358. The quantitative estimate of drug-likeness (QED) is 0.635. The van der Waals surface area contributed by atoms with Crippen LogP contribution in [0.3, 0.4) is 0 Å². The Kier molecular flexibility index (Phi) is 4.89. The summed E-state index contributed by atoms with van der Waals surface area (Å²) in [5.41, 5.74) is 6.19. The zero-order valence-electron chi connectivity index (χ0n) is 9.79. The fourth-order valence-electron chi connectivity index (χ4n) is 1.17. The summed E-state index contributed by atoms with van der Waals surface area (Å²) in [5, 5.41) is 0. The average molecular weight is 244 g/mol. The van der Waals surface area contributed by atoms with Crippen LogP contribution < -0.4 is 10.5 Å². The number of hydrogen-bond donors (Lipinski definition) is 1. The minimum absolute atomic E-state index is 0.238. The van der Waals surface area contributed by atoms with E-state index < -0.39 is 5.82 Å². The minimum Gasteiger partial charge on any atom is -0.494 e. The summed E-state index contributed by atoms with van der Waals surface area (Å²) in [7, 11) is 5.47. The van der Waals surface area contributed by atoms with Gasteiger partial charge in [0.05, 0.1) is 7.11 Å². The van der Waals surface area contributed by atoms with Crippen LogP contribution in [0.4, 0.5) is 10.1 Å². The van der Waals surface area contributed by atoms with Gasteiger partial charge in [-0.2, -0.15) is 0 Å². The maximum Gasteiger partial charge on any atom is 0.167 e. The third-order valence-electron chi connectivity index (χ3n) is 2.08. The summed E-state index contributed by atoms with van der Waals surface area (Å²) in [6, 6.07) is 2.95. The standard InChI is InChI=1S/C11H17FN2OS/c1-14(2)4-5-16-11-7-10(15-3)8(12)6-9(11)13/h6-7H,4-5,13H2,1-3H3. The Morgan fingerprint density at radius 3 is 2.69 bits per heavy atom. The molecule has 0 aromatic heterocycles. The molecule has 5 heteroatoms. The van der Waals surface area contributed by atoms with Gasteiger partial charge in [-0.25, -0.2) is 4.39 Å². The molecule has 0 spiro atoms. The van der Waals surface area contributed by atoms with Crippen molar-refractivity contribution in [1.29, 1.82) is 0 Å². The Balaban J connectivity index is 2.72. The van der Waals surface area contributed by atoms with Crippen molar-refractivity contribution in [2.75, 3.05) is 39.2 Å². The molecule has 90 valence electrons. The number of hydrogen-bond acceptors (Lipinski definition) is 4. The van der Waals surface area contributed by atoms with Gasteiger partial charge in [0.1, 0.15) is 0 Å². The molecule has 0 radical (unpaired) electrons. The molecular formula is C11H17FN2OS. The molecule has 0 amide bonds. The predicted octanol–water partition coefficient (Wildman–Crippen LogP) is 2.07. The number of benzene rings is 1. The minimum atomic E-state index is -0.419. The second kappa shape index (κ2) is 5.96. The van der Waals surface area contributed by atoms with Gasteiger partial charge in [0, 0.05) is 28.9 Å². The van der Waals surface area contributed by atoms with Crippen molar-refractivity contribution in [1.82, 2.24) is 4.90 Å². The lowest BCUT2D eigenvalue weighted by molar-refractivity contribution is 0.385. The third kappa shape index (κ3) is 3.57. The number of nitrogens with two attached hydrogens (primary N) is 1. The Morgan fingerprint density at radius 1 is 1.44 bits per heavy atom. The van der Waals surface area contributed by atoms with Gasteiger partial charge in [-0.15, -0.1) is 11.8 Å². The van der Waals surface area contributed by atoms with Gasteiger partial charge < -0.3 is 15.4 Å². The molecule has 0 aliphatic heterocycles. The number of ether oxygens (including phenoxy) is 1. The molecule has 0 atom stereocenters. The molecule has 0 heterocycles. The van der Waals surface area contributed by atoms with Crippen molar-refractivity contribution in [3.63, 3.8) is 0 Å². The number of anilines is 1. The fourth-order valence-corrected chi connectivity index (χ4v) is 2.26. The average Bonchev–Trinajstić information content (AvgIpc) is 2.20. The molecule has 0 aliphatic rings. The first-order valence-corrected chi connectivity index (χ1v) is 5.93. The molecule has 1 aromatic carbocycles. The van der Waals surface area contributed by atoms with E-state index in [1.165, 1.54) is 13.2 Å². The summed E-state index contributed by atoms with van der Waals surface area (Å²) in [5.74, 6) is 0.727. The predicted molar refractivity (Wildman–Crippen MR) is 66.6 cm³/mol. The maximum atomic E-state index is 13.3. The molecular weight excluding hydrogens is 227 g/mol. The van der Waals surface area contributed by atoms with E-state index in [0.717, 1.165) is 17.2 Å². The second-order valence-corrected chi connectivity index (χ2v) is 4.81. The van der Waals surface area contributed by atoms with Gasteiger partial charge in [0.2, 0.25) is 0 Å². The lowest BCUT2D eigenvalue weighted by atomic mass is 10.3. The highest BCUT2D eigenvalue weighted by molar-refractivity contribution is 7.99. The molecule has 3 nitrogen and oxygen atoms in total. The van der Waals surface area contributed by atoms with Crippen molar-refractivity contribution < 1.29 is 9.13 Å². The van der Waals surface area contributed by atoms with Crippen molar-refractivity contribution in [3.8, 4) is 5.75 Å². The number of nitrogen functional groups attached to an aromatic ring is 1. The SMILES string of the molecule is COc1cc(SCCN(C)C)c(N)cc1F. The summed E-state index contributed by atoms with van der Waals surface area (Å²) in [6.07, 6.45) is 0. The van der Waals surface area contributed by atoms with E-state index >= 15 is 0 Å².